The Balaban J connectivity index is 0. The Morgan fingerprint density at radius 3 is 2.25 bits per heavy atom. The molecule has 0 saturated carbocycles. The van der Waals surface area contributed by atoms with Crippen molar-refractivity contribution in [3.63, 3.8) is 0 Å². The van der Waals surface area contributed by atoms with E-state index >= 15 is 0 Å². The monoisotopic (exact) mass is 178 g/mol. The van der Waals surface area contributed by atoms with Gasteiger partial charge in [0.1, 0.15) is 6.11 Å². The summed E-state index contributed by atoms with van der Waals surface area (Å²) in [5.74, 6) is 2.04. The minimum Gasteiger partial charge on any atom is -0.372 e. The Hall–Kier alpha value is -0.490. The van der Waals surface area contributed by atoms with Crippen molar-refractivity contribution >= 4 is 23.0 Å². The van der Waals surface area contributed by atoms with Crippen LogP contribution in [0.5, 0.6) is 0 Å². The summed E-state index contributed by atoms with van der Waals surface area (Å²) >= 11 is 0. The average molecular weight is 179 g/mol. The molecule has 0 bridgehead atoms. The molecule has 8 heavy (non-hydrogen) atoms. The SMILES string of the molecule is Br.CC#COC(C)=O. The Morgan fingerprint density at radius 1 is 1.62 bits per heavy atom. The number of hydrogen-bond donors (Lipinski definition) is 0. The highest BCUT2D eigenvalue weighted by Crippen LogP contribution is 1.67. The van der Waals surface area contributed by atoms with E-state index in [1.165, 1.54) is 6.92 Å². The zero-order valence-corrected chi connectivity index (χ0v) is 6.44. The van der Waals surface area contributed by atoms with E-state index in [1.54, 1.807) is 6.92 Å². The molecule has 0 aromatic heterocycles. The van der Waals surface area contributed by atoms with Gasteiger partial charge in [0.15, 0.2) is 0 Å². The van der Waals surface area contributed by atoms with Crippen LogP contribution in [0.25, 0.3) is 0 Å². The second-order valence-corrected chi connectivity index (χ2v) is 0.946. The van der Waals surface area contributed by atoms with Gasteiger partial charge < -0.3 is 4.74 Å². The molecule has 0 amide bonds. The van der Waals surface area contributed by atoms with E-state index < -0.39 is 0 Å². The molecule has 0 aliphatic rings. The van der Waals surface area contributed by atoms with Crippen LogP contribution in [0.2, 0.25) is 0 Å². The molecule has 0 N–H and O–H groups in total. The van der Waals surface area contributed by atoms with Gasteiger partial charge in [-0.1, -0.05) is 5.92 Å². The highest BCUT2D eigenvalue weighted by molar-refractivity contribution is 8.93. The van der Waals surface area contributed by atoms with Crippen molar-refractivity contribution in [2.75, 3.05) is 0 Å². The van der Waals surface area contributed by atoms with Crippen LogP contribution in [-0.4, -0.2) is 5.97 Å². The number of esters is 1. The van der Waals surface area contributed by atoms with Gasteiger partial charge in [-0.15, -0.1) is 17.0 Å². The number of carbonyl (C=O) groups excluding carboxylic acids is 1. The molecule has 0 rings (SSSR count). The largest absolute Gasteiger partial charge is 0.372 e. The molecule has 2 nitrogen and oxygen atoms in total. The standard InChI is InChI=1S/C5H6O2.BrH/c1-3-4-7-5(2)6;/h1-2H3;1H. The minimum atomic E-state index is -0.366. The van der Waals surface area contributed by atoms with Crippen molar-refractivity contribution in [3.8, 4) is 12.0 Å². The lowest BCUT2D eigenvalue weighted by atomic mass is 10.8. The van der Waals surface area contributed by atoms with Crippen molar-refractivity contribution < 1.29 is 9.53 Å². The summed E-state index contributed by atoms with van der Waals surface area (Å²) in [6.45, 7) is 2.91. The fourth-order valence-corrected chi connectivity index (χ4v) is 0.123. The fraction of sp³-hybridized carbons (Fsp3) is 0.400. The van der Waals surface area contributed by atoms with E-state index in [0.29, 0.717) is 0 Å². The number of rotatable bonds is 0. The lowest BCUT2D eigenvalue weighted by Gasteiger charge is -1.79. The van der Waals surface area contributed by atoms with Gasteiger partial charge >= 0.3 is 5.97 Å². The maximum absolute atomic E-state index is 9.88. The van der Waals surface area contributed by atoms with Crippen LogP contribution in [0.3, 0.4) is 0 Å². The van der Waals surface area contributed by atoms with Crippen LogP contribution in [0.15, 0.2) is 0 Å². The van der Waals surface area contributed by atoms with Crippen LogP contribution < -0.4 is 0 Å². The highest BCUT2D eigenvalue weighted by atomic mass is 79.9. The number of ether oxygens (including phenoxy) is 1. The molecule has 0 aliphatic carbocycles. The maximum Gasteiger partial charge on any atom is 0.316 e. The van der Waals surface area contributed by atoms with Gasteiger partial charge in [0.05, 0.1) is 0 Å². The second kappa shape index (κ2) is 6.51. The normalized spacial score (nSPS) is 5.25. The lowest BCUT2D eigenvalue weighted by Crippen LogP contribution is -1.88. The molecule has 0 heterocycles. The Labute approximate surface area is 59.0 Å². The topological polar surface area (TPSA) is 26.3 Å². The molecule has 0 unspecified atom stereocenters. The lowest BCUT2D eigenvalue weighted by molar-refractivity contribution is -0.134. The van der Waals surface area contributed by atoms with Gasteiger partial charge in [-0.05, 0) is 0 Å². The summed E-state index contributed by atoms with van der Waals surface area (Å²) in [5.41, 5.74) is 0. The van der Waals surface area contributed by atoms with E-state index in [2.05, 4.69) is 16.8 Å². The number of hydrogen-bond acceptors (Lipinski definition) is 2. The highest BCUT2D eigenvalue weighted by Gasteiger charge is 1.81. The predicted octanol–water partition coefficient (Wildman–Crippen LogP) is 1.11. The van der Waals surface area contributed by atoms with Crippen molar-refractivity contribution in [2.24, 2.45) is 0 Å². The zero-order valence-electron chi connectivity index (χ0n) is 4.72. The first-order chi connectivity index (χ1) is 3.27. The molecule has 0 spiro atoms. The third kappa shape index (κ3) is 9.10. The van der Waals surface area contributed by atoms with Crippen LogP contribution in [0.4, 0.5) is 0 Å². The van der Waals surface area contributed by atoms with Gasteiger partial charge in [0.25, 0.3) is 0 Å². The van der Waals surface area contributed by atoms with Gasteiger partial charge in [-0.25, -0.2) is 0 Å². The molecule has 3 heteroatoms. The summed E-state index contributed by atoms with van der Waals surface area (Å²) in [5, 5.41) is 0. The van der Waals surface area contributed by atoms with Crippen LogP contribution in [-0.2, 0) is 9.53 Å². The summed E-state index contributed by atoms with van der Waals surface area (Å²) < 4.78 is 4.19. The van der Waals surface area contributed by atoms with Crippen molar-refractivity contribution in [2.45, 2.75) is 13.8 Å². The summed E-state index contributed by atoms with van der Waals surface area (Å²) in [4.78, 5) is 9.88. The van der Waals surface area contributed by atoms with Gasteiger partial charge in [-0.2, -0.15) is 0 Å². The summed E-state index contributed by atoms with van der Waals surface area (Å²) in [6, 6.07) is 0. The van der Waals surface area contributed by atoms with E-state index in [1.807, 2.05) is 0 Å². The van der Waals surface area contributed by atoms with E-state index in [0.717, 1.165) is 0 Å². The molecule has 0 atom stereocenters. The van der Waals surface area contributed by atoms with Crippen LogP contribution in [0.1, 0.15) is 13.8 Å². The first-order valence-electron chi connectivity index (χ1n) is 1.86. The molecule has 0 radical (unpaired) electrons. The van der Waals surface area contributed by atoms with E-state index in [-0.39, 0.29) is 23.0 Å². The van der Waals surface area contributed by atoms with Crippen molar-refractivity contribution in [1.29, 1.82) is 0 Å². The zero-order chi connectivity index (χ0) is 5.70. The third-order valence-electron chi connectivity index (χ3n) is 0.297. The number of carbonyl (C=O) groups is 1. The molecule has 46 valence electrons. The van der Waals surface area contributed by atoms with Crippen molar-refractivity contribution in [3.05, 3.63) is 0 Å². The molecule has 0 fully saturated rings. The molecule has 0 aromatic carbocycles. The maximum atomic E-state index is 9.88. The van der Waals surface area contributed by atoms with E-state index in [9.17, 15) is 4.79 Å². The first kappa shape index (κ1) is 10.5. The van der Waals surface area contributed by atoms with E-state index in [4.69, 9.17) is 0 Å². The quantitative estimate of drug-likeness (QED) is 0.411. The fourth-order valence-electron chi connectivity index (χ4n) is 0.123. The molecule has 0 aliphatic heterocycles. The van der Waals surface area contributed by atoms with Gasteiger partial charge in [-0.3, -0.25) is 4.79 Å². The minimum absolute atomic E-state index is 0. The Bertz CT molecular complexity index is 120. The molecular weight excluding hydrogens is 172 g/mol. The number of halogens is 1. The smallest absolute Gasteiger partial charge is 0.316 e. The summed E-state index contributed by atoms with van der Waals surface area (Å²) in [7, 11) is 0. The molecule has 0 aromatic rings. The third-order valence-corrected chi connectivity index (χ3v) is 0.297. The Kier molecular flexibility index (Phi) is 8.53. The first-order valence-corrected chi connectivity index (χ1v) is 1.86. The summed E-state index contributed by atoms with van der Waals surface area (Å²) in [6.07, 6.45) is 2.15. The Morgan fingerprint density at radius 2 is 2.12 bits per heavy atom. The van der Waals surface area contributed by atoms with Gasteiger partial charge in [0, 0.05) is 13.8 Å². The van der Waals surface area contributed by atoms with Crippen LogP contribution in [0, 0.1) is 12.0 Å². The predicted molar refractivity (Wildman–Crippen MR) is 35.5 cm³/mol. The second-order valence-electron chi connectivity index (χ2n) is 0.946. The van der Waals surface area contributed by atoms with Crippen molar-refractivity contribution in [1.82, 2.24) is 0 Å². The van der Waals surface area contributed by atoms with Crippen LogP contribution >= 0.6 is 17.0 Å². The van der Waals surface area contributed by atoms with Gasteiger partial charge in [0.2, 0.25) is 0 Å². The molecular formula is C5H7BrO2. The average Bonchev–Trinajstić information content (AvgIpc) is 1.61. The molecule has 0 saturated heterocycles.